The van der Waals surface area contributed by atoms with Gasteiger partial charge >= 0.3 is 0 Å². The van der Waals surface area contributed by atoms with E-state index in [4.69, 9.17) is 4.74 Å². The van der Waals surface area contributed by atoms with Crippen molar-refractivity contribution in [2.45, 2.75) is 26.3 Å². The third-order valence-electron chi connectivity index (χ3n) is 2.06. The number of alkyl halides is 1. The summed E-state index contributed by atoms with van der Waals surface area (Å²) in [5, 5.41) is 0.633. The molecule has 1 unspecified atom stereocenters. The molecule has 0 saturated carbocycles. The van der Waals surface area contributed by atoms with Crippen molar-refractivity contribution in [3.63, 3.8) is 0 Å². The van der Waals surface area contributed by atoms with Crippen molar-refractivity contribution >= 4 is 26.0 Å². The first-order chi connectivity index (χ1) is 6.93. The molecular formula is C9H20BrNO3S. The molecule has 0 aromatic rings. The molecule has 0 aliphatic carbocycles. The molecule has 0 radical (unpaired) electrons. The van der Waals surface area contributed by atoms with E-state index in [-0.39, 0.29) is 17.7 Å². The number of ether oxygens (including phenoxy) is 1. The number of hydrogen-bond donors (Lipinski definition) is 1. The highest BCUT2D eigenvalue weighted by molar-refractivity contribution is 9.09. The van der Waals surface area contributed by atoms with Gasteiger partial charge < -0.3 is 4.74 Å². The molecule has 92 valence electrons. The van der Waals surface area contributed by atoms with Crippen molar-refractivity contribution in [1.82, 2.24) is 4.72 Å². The summed E-state index contributed by atoms with van der Waals surface area (Å²) in [7, 11) is -1.61. The summed E-state index contributed by atoms with van der Waals surface area (Å²) >= 11 is 3.30. The van der Waals surface area contributed by atoms with E-state index in [1.807, 2.05) is 13.8 Å². The highest BCUT2D eigenvalue weighted by Gasteiger charge is 2.19. The van der Waals surface area contributed by atoms with E-state index in [1.165, 1.54) is 0 Å². The first-order valence-electron chi connectivity index (χ1n) is 4.98. The molecule has 15 heavy (non-hydrogen) atoms. The molecule has 0 spiro atoms. The Morgan fingerprint density at radius 1 is 1.40 bits per heavy atom. The third-order valence-corrected chi connectivity index (χ3v) is 4.25. The minimum absolute atomic E-state index is 0.0439. The molecule has 1 N–H and O–H groups in total. The van der Waals surface area contributed by atoms with Gasteiger partial charge in [-0.3, -0.25) is 0 Å². The van der Waals surface area contributed by atoms with Crippen molar-refractivity contribution in [1.29, 1.82) is 0 Å². The highest BCUT2D eigenvalue weighted by Crippen LogP contribution is 2.06. The van der Waals surface area contributed by atoms with E-state index >= 15 is 0 Å². The number of nitrogens with one attached hydrogen (secondary N) is 1. The Balaban J connectivity index is 4.11. The molecule has 0 aliphatic heterocycles. The van der Waals surface area contributed by atoms with Gasteiger partial charge in [-0.1, -0.05) is 29.8 Å². The standard InChI is InChI=1S/C9H20BrNO3S/c1-8(2)9(7-10)11-15(12,13)6-4-5-14-3/h8-9,11H,4-7H2,1-3H3. The topological polar surface area (TPSA) is 55.4 Å². The Hall–Kier alpha value is 0.350. The average molecular weight is 302 g/mol. The zero-order chi connectivity index (χ0) is 11.9. The predicted octanol–water partition coefficient (Wildman–Crippen LogP) is 1.36. The highest BCUT2D eigenvalue weighted by atomic mass is 79.9. The fourth-order valence-electron chi connectivity index (χ4n) is 1.03. The van der Waals surface area contributed by atoms with Gasteiger partial charge in [0.1, 0.15) is 0 Å². The van der Waals surface area contributed by atoms with Gasteiger partial charge in [0.25, 0.3) is 0 Å². The summed E-state index contributed by atoms with van der Waals surface area (Å²) in [6.07, 6.45) is 0.527. The Labute approximate surface area is 101 Å². The molecule has 0 rings (SSSR count). The molecule has 0 amide bonds. The number of sulfonamides is 1. The lowest BCUT2D eigenvalue weighted by atomic mass is 10.1. The minimum Gasteiger partial charge on any atom is -0.385 e. The van der Waals surface area contributed by atoms with Gasteiger partial charge in [0.2, 0.25) is 10.0 Å². The lowest BCUT2D eigenvalue weighted by molar-refractivity contribution is 0.199. The van der Waals surface area contributed by atoms with E-state index in [0.717, 1.165) is 0 Å². The van der Waals surface area contributed by atoms with Crippen molar-refractivity contribution in [2.75, 3.05) is 24.8 Å². The molecule has 0 aromatic carbocycles. The van der Waals surface area contributed by atoms with Crippen molar-refractivity contribution < 1.29 is 13.2 Å². The van der Waals surface area contributed by atoms with E-state index in [1.54, 1.807) is 7.11 Å². The molecule has 0 saturated heterocycles. The van der Waals surface area contributed by atoms with Gasteiger partial charge in [0, 0.05) is 25.1 Å². The average Bonchev–Trinajstić information content (AvgIpc) is 2.14. The fraction of sp³-hybridized carbons (Fsp3) is 1.00. The van der Waals surface area contributed by atoms with Crippen LogP contribution in [0.4, 0.5) is 0 Å². The Bertz CT molecular complexity index is 254. The lowest BCUT2D eigenvalue weighted by Gasteiger charge is -2.19. The monoisotopic (exact) mass is 301 g/mol. The van der Waals surface area contributed by atoms with Gasteiger partial charge in [-0.05, 0) is 12.3 Å². The second-order valence-corrected chi connectivity index (χ2v) is 6.31. The van der Waals surface area contributed by atoms with Crippen LogP contribution in [0, 0.1) is 5.92 Å². The Kier molecular flexibility index (Phi) is 7.77. The fourth-order valence-corrected chi connectivity index (χ4v) is 3.58. The summed E-state index contributed by atoms with van der Waals surface area (Å²) in [6.45, 7) is 4.45. The molecule has 4 nitrogen and oxygen atoms in total. The van der Waals surface area contributed by atoms with Gasteiger partial charge in [0.15, 0.2) is 0 Å². The Morgan fingerprint density at radius 3 is 2.40 bits per heavy atom. The van der Waals surface area contributed by atoms with E-state index < -0.39 is 10.0 Å². The van der Waals surface area contributed by atoms with Crippen LogP contribution in [0.5, 0.6) is 0 Å². The summed E-state index contributed by atoms with van der Waals surface area (Å²) < 4.78 is 30.7. The van der Waals surface area contributed by atoms with Crippen LogP contribution in [0.15, 0.2) is 0 Å². The van der Waals surface area contributed by atoms with Gasteiger partial charge in [-0.2, -0.15) is 0 Å². The van der Waals surface area contributed by atoms with E-state index in [0.29, 0.717) is 18.4 Å². The van der Waals surface area contributed by atoms with Crippen LogP contribution < -0.4 is 4.72 Å². The van der Waals surface area contributed by atoms with Crippen LogP contribution in [0.1, 0.15) is 20.3 Å². The zero-order valence-corrected chi connectivity index (χ0v) is 11.9. The zero-order valence-electron chi connectivity index (χ0n) is 9.49. The maximum Gasteiger partial charge on any atom is 0.211 e. The second-order valence-electron chi connectivity index (χ2n) is 3.79. The Morgan fingerprint density at radius 2 is 2.00 bits per heavy atom. The number of rotatable bonds is 8. The van der Waals surface area contributed by atoms with Crippen molar-refractivity contribution in [3.8, 4) is 0 Å². The minimum atomic E-state index is -3.17. The van der Waals surface area contributed by atoms with Crippen LogP contribution in [0.2, 0.25) is 0 Å². The summed E-state index contributed by atoms with van der Waals surface area (Å²) in [5.74, 6) is 0.401. The van der Waals surface area contributed by atoms with Crippen molar-refractivity contribution in [2.24, 2.45) is 5.92 Å². The van der Waals surface area contributed by atoms with Crippen LogP contribution in [0.3, 0.4) is 0 Å². The smallest absolute Gasteiger partial charge is 0.211 e. The molecule has 0 bridgehead atoms. The first kappa shape index (κ1) is 15.3. The van der Waals surface area contributed by atoms with Crippen LogP contribution in [-0.4, -0.2) is 39.3 Å². The van der Waals surface area contributed by atoms with Crippen LogP contribution >= 0.6 is 15.9 Å². The SMILES string of the molecule is COCCCS(=O)(=O)NC(CBr)C(C)C. The van der Waals surface area contributed by atoms with Crippen molar-refractivity contribution in [3.05, 3.63) is 0 Å². The summed E-state index contributed by atoms with van der Waals surface area (Å²) in [6, 6.07) is -0.0439. The first-order valence-corrected chi connectivity index (χ1v) is 7.75. The van der Waals surface area contributed by atoms with E-state index in [2.05, 4.69) is 20.7 Å². The maximum atomic E-state index is 11.6. The molecule has 6 heteroatoms. The van der Waals surface area contributed by atoms with Gasteiger partial charge in [0.05, 0.1) is 5.75 Å². The predicted molar refractivity (Wildman–Crippen MR) is 65.8 cm³/mol. The quantitative estimate of drug-likeness (QED) is 0.544. The van der Waals surface area contributed by atoms with Crippen LogP contribution in [-0.2, 0) is 14.8 Å². The molecule has 0 fully saturated rings. The van der Waals surface area contributed by atoms with Crippen LogP contribution in [0.25, 0.3) is 0 Å². The summed E-state index contributed by atoms with van der Waals surface area (Å²) in [5.41, 5.74) is 0. The second kappa shape index (κ2) is 7.60. The van der Waals surface area contributed by atoms with E-state index in [9.17, 15) is 8.42 Å². The molecule has 0 aromatic heterocycles. The maximum absolute atomic E-state index is 11.6. The summed E-state index contributed by atoms with van der Waals surface area (Å²) in [4.78, 5) is 0. The van der Waals surface area contributed by atoms with Gasteiger partial charge in [-0.15, -0.1) is 0 Å². The third kappa shape index (κ3) is 7.27. The largest absolute Gasteiger partial charge is 0.385 e. The number of hydrogen-bond acceptors (Lipinski definition) is 3. The molecule has 1 atom stereocenters. The number of halogens is 1. The molecule has 0 aliphatic rings. The lowest BCUT2D eigenvalue weighted by Crippen LogP contribution is -2.41. The normalized spacial score (nSPS) is 14.5. The molecular weight excluding hydrogens is 282 g/mol. The van der Waals surface area contributed by atoms with Gasteiger partial charge in [-0.25, -0.2) is 13.1 Å². The number of methoxy groups -OCH3 is 1. The molecule has 0 heterocycles.